The van der Waals surface area contributed by atoms with Crippen molar-refractivity contribution < 1.29 is 14.6 Å². The molecule has 0 aromatic rings. The third kappa shape index (κ3) is 3.29. The lowest BCUT2D eigenvalue weighted by molar-refractivity contribution is -0.147. The van der Waals surface area contributed by atoms with E-state index < -0.39 is 11.5 Å². The van der Waals surface area contributed by atoms with Crippen molar-refractivity contribution in [3.63, 3.8) is 0 Å². The molecule has 19 heavy (non-hydrogen) atoms. The average Bonchev–Trinajstić information content (AvgIpc) is 2.74. The van der Waals surface area contributed by atoms with Crippen LogP contribution >= 0.6 is 0 Å². The van der Waals surface area contributed by atoms with Gasteiger partial charge in [-0.25, -0.2) is 0 Å². The van der Waals surface area contributed by atoms with Gasteiger partial charge in [-0.3, -0.25) is 4.79 Å². The summed E-state index contributed by atoms with van der Waals surface area (Å²) in [6, 6.07) is 0. The minimum Gasteiger partial charge on any atom is -0.480 e. The molecule has 0 aromatic heterocycles. The van der Waals surface area contributed by atoms with Gasteiger partial charge in [0.15, 0.2) is 0 Å². The summed E-state index contributed by atoms with van der Waals surface area (Å²) in [6.45, 7) is 3.58. The Kier molecular flexibility index (Phi) is 5.22. The number of ether oxygens (including phenoxy) is 1. The van der Waals surface area contributed by atoms with Gasteiger partial charge < -0.3 is 15.2 Å². The van der Waals surface area contributed by atoms with E-state index in [1.165, 1.54) is 19.3 Å². The quantitative estimate of drug-likeness (QED) is 0.711. The minimum atomic E-state index is -0.695. The van der Waals surface area contributed by atoms with Crippen LogP contribution in [0.1, 0.15) is 58.3 Å². The maximum Gasteiger partial charge on any atom is 0.324 e. The Morgan fingerprint density at radius 3 is 2.74 bits per heavy atom. The predicted molar refractivity (Wildman–Crippen MR) is 74.2 cm³/mol. The number of carboxylic acids is 1. The molecule has 2 aliphatic rings. The first kappa shape index (κ1) is 14.8. The summed E-state index contributed by atoms with van der Waals surface area (Å²) in [4.78, 5) is 11.7. The highest BCUT2D eigenvalue weighted by molar-refractivity contribution is 5.79. The third-order valence-corrected chi connectivity index (χ3v) is 4.76. The fourth-order valence-corrected chi connectivity index (χ4v) is 3.32. The smallest absolute Gasteiger partial charge is 0.324 e. The lowest BCUT2D eigenvalue weighted by atomic mass is 9.84. The van der Waals surface area contributed by atoms with Crippen molar-refractivity contribution in [2.45, 2.75) is 69.9 Å². The predicted octanol–water partition coefficient (Wildman–Crippen LogP) is 2.57. The Bertz CT molecular complexity index is 304. The van der Waals surface area contributed by atoms with Crippen LogP contribution in [0.2, 0.25) is 0 Å². The lowest BCUT2D eigenvalue weighted by Gasteiger charge is -2.33. The van der Waals surface area contributed by atoms with Crippen LogP contribution in [-0.2, 0) is 9.53 Å². The largest absolute Gasteiger partial charge is 0.480 e. The first-order chi connectivity index (χ1) is 9.19. The van der Waals surface area contributed by atoms with E-state index in [0.717, 1.165) is 45.3 Å². The molecular weight excluding hydrogens is 242 g/mol. The van der Waals surface area contributed by atoms with Crippen molar-refractivity contribution in [1.29, 1.82) is 0 Å². The molecule has 2 unspecified atom stereocenters. The van der Waals surface area contributed by atoms with Gasteiger partial charge in [-0.1, -0.05) is 13.3 Å². The summed E-state index contributed by atoms with van der Waals surface area (Å²) in [7, 11) is 0. The Labute approximate surface area is 115 Å². The number of carboxylic acid groups (broad SMARTS) is 1. The van der Waals surface area contributed by atoms with E-state index in [2.05, 4.69) is 12.2 Å². The molecule has 0 heterocycles. The van der Waals surface area contributed by atoms with Gasteiger partial charge in [0.2, 0.25) is 0 Å². The molecule has 0 bridgehead atoms. The van der Waals surface area contributed by atoms with E-state index in [9.17, 15) is 9.90 Å². The highest BCUT2D eigenvalue weighted by Crippen LogP contribution is 2.38. The zero-order valence-electron chi connectivity index (χ0n) is 12.0. The molecule has 2 atom stereocenters. The van der Waals surface area contributed by atoms with Gasteiger partial charge in [-0.05, 0) is 57.4 Å². The summed E-state index contributed by atoms with van der Waals surface area (Å²) >= 11 is 0. The average molecular weight is 269 g/mol. The van der Waals surface area contributed by atoms with Gasteiger partial charge in [0, 0.05) is 6.61 Å². The van der Waals surface area contributed by atoms with Crippen LogP contribution in [0.15, 0.2) is 0 Å². The topological polar surface area (TPSA) is 58.6 Å². The van der Waals surface area contributed by atoms with Crippen LogP contribution in [0.4, 0.5) is 0 Å². The van der Waals surface area contributed by atoms with Crippen molar-refractivity contribution in [3.05, 3.63) is 0 Å². The molecule has 2 aliphatic carbocycles. The first-order valence-electron chi connectivity index (χ1n) is 7.79. The Morgan fingerprint density at radius 1 is 1.37 bits per heavy atom. The third-order valence-electron chi connectivity index (χ3n) is 4.76. The summed E-state index contributed by atoms with van der Waals surface area (Å²) in [5.41, 5.74) is -0.695. The van der Waals surface area contributed by atoms with Crippen molar-refractivity contribution >= 4 is 5.97 Å². The normalized spacial score (nSPS) is 31.3. The molecule has 4 nitrogen and oxygen atoms in total. The molecule has 0 spiro atoms. The van der Waals surface area contributed by atoms with E-state index in [-0.39, 0.29) is 5.92 Å². The van der Waals surface area contributed by atoms with Crippen molar-refractivity contribution in [1.82, 2.24) is 5.32 Å². The SMILES string of the molecule is CCCNC1(C(=O)O)CCCC1CCOC1CCC1. The Morgan fingerprint density at radius 2 is 2.16 bits per heavy atom. The summed E-state index contributed by atoms with van der Waals surface area (Å²) < 4.78 is 5.80. The fourth-order valence-electron chi connectivity index (χ4n) is 3.32. The molecule has 2 fully saturated rings. The Balaban J connectivity index is 1.86. The van der Waals surface area contributed by atoms with Crippen LogP contribution in [0.25, 0.3) is 0 Å². The van der Waals surface area contributed by atoms with Crippen LogP contribution in [0.5, 0.6) is 0 Å². The lowest BCUT2D eigenvalue weighted by Crippen LogP contribution is -2.55. The van der Waals surface area contributed by atoms with Crippen molar-refractivity contribution in [3.8, 4) is 0 Å². The maximum absolute atomic E-state index is 11.7. The van der Waals surface area contributed by atoms with E-state index >= 15 is 0 Å². The van der Waals surface area contributed by atoms with Gasteiger partial charge >= 0.3 is 5.97 Å². The fraction of sp³-hybridized carbons (Fsp3) is 0.933. The second-order valence-electron chi connectivity index (χ2n) is 6.00. The van der Waals surface area contributed by atoms with Crippen LogP contribution in [0, 0.1) is 5.92 Å². The van der Waals surface area contributed by atoms with Crippen molar-refractivity contribution in [2.24, 2.45) is 5.92 Å². The monoisotopic (exact) mass is 269 g/mol. The minimum absolute atomic E-state index is 0.219. The van der Waals surface area contributed by atoms with Crippen LogP contribution in [-0.4, -0.2) is 35.9 Å². The van der Waals surface area contributed by atoms with Gasteiger partial charge in [-0.15, -0.1) is 0 Å². The number of rotatable bonds is 8. The zero-order chi connectivity index (χ0) is 13.7. The number of aliphatic carboxylic acids is 1. The first-order valence-corrected chi connectivity index (χ1v) is 7.79. The number of nitrogens with one attached hydrogen (secondary N) is 1. The second-order valence-corrected chi connectivity index (χ2v) is 6.00. The standard InChI is InChI=1S/C15H27NO3/c1-2-10-16-15(14(17)18)9-4-5-12(15)8-11-19-13-6-3-7-13/h12-13,16H,2-11H2,1H3,(H,17,18). The summed E-state index contributed by atoms with van der Waals surface area (Å²) in [5.74, 6) is -0.455. The molecule has 2 rings (SSSR count). The highest BCUT2D eigenvalue weighted by Gasteiger charge is 2.48. The van der Waals surface area contributed by atoms with E-state index in [4.69, 9.17) is 4.74 Å². The molecule has 0 aromatic carbocycles. The Hall–Kier alpha value is -0.610. The van der Waals surface area contributed by atoms with Gasteiger partial charge in [0.25, 0.3) is 0 Å². The molecule has 4 heteroatoms. The van der Waals surface area contributed by atoms with Gasteiger partial charge in [0.1, 0.15) is 5.54 Å². The highest BCUT2D eigenvalue weighted by atomic mass is 16.5. The molecule has 0 saturated heterocycles. The van der Waals surface area contributed by atoms with E-state index in [1.807, 2.05) is 0 Å². The molecule has 0 aliphatic heterocycles. The van der Waals surface area contributed by atoms with Crippen LogP contribution < -0.4 is 5.32 Å². The molecule has 110 valence electrons. The van der Waals surface area contributed by atoms with E-state index in [0.29, 0.717) is 6.10 Å². The van der Waals surface area contributed by atoms with Crippen molar-refractivity contribution in [2.75, 3.05) is 13.2 Å². The maximum atomic E-state index is 11.7. The number of hydrogen-bond donors (Lipinski definition) is 2. The van der Waals surface area contributed by atoms with Gasteiger partial charge in [0.05, 0.1) is 6.10 Å². The molecule has 2 N–H and O–H groups in total. The number of carbonyl (C=O) groups is 1. The zero-order valence-corrected chi connectivity index (χ0v) is 12.0. The molecule has 0 radical (unpaired) electrons. The molecule has 2 saturated carbocycles. The molecular formula is C15H27NO3. The van der Waals surface area contributed by atoms with Crippen LogP contribution in [0.3, 0.4) is 0 Å². The molecule has 0 amide bonds. The summed E-state index contributed by atoms with van der Waals surface area (Å²) in [6.07, 6.45) is 8.73. The van der Waals surface area contributed by atoms with Gasteiger partial charge in [-0.2, -0.15) is 0 Å². The summed E-state index contributed by atoms with van der Waals surface area (Å²) in [5, 5.41) is 12.9. The number of hydrogen-bond acceptors (Lipinski definition) is 3. The second kappa shape index (κ2) is 6.71. The van der Waals surface area contributed by atoms with E-state index in [1.54, 1.807) is 0 Å².